The van der Waals surface area contributed by atoms with Crippen LogP contribution in [0.4, 0.5) is 4.39 Å². The number of aliphatic imine (C=N–C) groups is 1. The van der Waals surface area contributed by atoms with Crippen LogP contribution in [0.3, 0.4) is 0 Å². The number of halogens is 1. The first-order valence-corrected chi connectivity index (χ1v) is 12.1. The van der Waals surface area contributed by atoms with Crippen LogP contribution in [0.15, 0.2) is 95.9 Å². The standard InChI is InChI=1S/C30H25FN4O/c1-2-34-19-22(24-10-6-7-11-28(24)34)16-27-30(36)35(29(33-27)20-8-4-3-5-9-20)15-14-21-18-32-26-13-12-23(31)17-25(21)26/h3-13,16-19,32H,2,14-15H2,1H3/b27-16-. The molecule has 0 bridgehead atoms. The molecule has 2 aromatic heterocycles. The summed E-state index contributed by atoms with van der Waals surface area (Å²) in [5, 5.41) is 1.93. The number of amides is 1. The monoisotopic (exact) mass is 476 g/mol. The molecule has 0 unspecified atom stereocenters. The minimum absolute atomic E-state index is 0.131. The van der Waals surface area contributed by atoms with Gasteiger partial charge in [0.15, 0.2) is 0 Å². The van der Waals surface area contributed by atoms with Crippen molar-refractivity contribution in [3.05, 3.63) is 113 Å². The molecule has 1 aliphatic rings. The van der Waals surface area contributed by atoms with Gasteiger partial charge < -0.3 is 9.55 Å². The van der Waals surface area contributed by atoms with E-state index in [-0.39, 0.29) is 11.7 Å². The Balaban J connectivity index is 1.37. The predicted molar refractivity (Wildman–Crippen MR) is 142 cm³/mol. The Bertz CT molecular complexity index is 1660. The van der Waals surface area contributed by atoms with E-state index in [1.165, 1.54) is 12.1 Å². The molecule has 0 aliphatic carbocycles. The van der Waals surface area contributed by atoms with Crippen LogP contribution in [0, 0.1) is 5.82 Å². The summed E-state index contributed by atoms with van der Waals surface area (Å²) in [6.45, 7) is 3.38. The van der Waals surface area contributed by atoms with Crippen LogP contribution in [-0.4, -0.2) is 32.7 Å². The Morgan fingerprint density at radius 2 is 1.81 bits per heavy atom. The van der Waals surface area contributed by atoms with Gasteiger partial charge in [-0.1, -0.05) is 48.5 Å². The van der Waals surface area contributed by atoms with E-state index in [1.54, 1.807) is 11.0 Å². The summed E-state index contributed by atoms with van der Waals surface area (Å²) in [6.07, 6.45) is 6.43. The van der Waals surface area contributed by atoms with Gasteiger partial charge in [0.25, 0.3) is 5.91 Å². The van der Waals surface area contributed by atoms with Gasteiger partial charge in [-0.2, -0.15) is 0 Å². The highest BCUT2D eigenvalue weighted by molar-refractivity contribution is 6.20. The lowest BCUT2D eigenvalue weighted by atomic mass is 10.1. The minimum atomic E-state index is -0.274. The normalized spacial score (nSPS) is 14.9. The van der Waals surface area contributed by atoms with Crippen LogP contribution in [0.25, 0.3) is 27.9 Å². The van der Waals surface area contributed by atoms with Crippen LogP contribution in [-0.2, 0) is 17.8 Å². The molecule has 36 heavy (non-hydrogen) atoms. The molecule has 1 aliphatic heterocycles. The summed E-state index contributed by atoms with van der Waals surface area (Å²) < 4.78 is 16.0. The second-order valence-electron chi connectivity index (χ2n) is 8.93. The number of fused-ring (bicyclic) bond motifs is 2. The molecule has 6 heteroatoms. The number of amidine groups is 1. The lowest BCUT2D eigenvalue weighted by Crippen LogP contribution is -2.34. The van der Waals surface area contributed by atoms with Crippen LogP contribution >= 0.6 is 0 Å². The van der Waals surface area contributed by atoms with E-state index < -0.39 is 0 Å². The fraction of sp³-hybridized carbons (Fsp3) is 0.133. The summed E-state index contributed by atoms with van der Waals surface area (Å²) in [5.74, 6) is 0.230. The first-order chi connectivity index (χ1) is 17.6. The highest BCUT2D eigenvalue weighted by atomic mass is 19.1. The third-order valence-corrected chi connectivity index (χ3v) is 6.76. The molecule has 6 rings (SSSR count). The van der Waals surface area contributed by atoms with Crippen molar-refractivity contribution in [2.45, 2.75) is 19.9 Å². The predicted octanol–water partition coefficient (Wildman–Crippen LogP) is 6.15. The quantitative estimate of drug-likeness (QED) is 0.294. The molecule has 0 radical (unpaired) electrons. The number of benzene rings is 3. The topological polar surface area (TPSA) is 53.4 Å². The number of rotatable bonds is 6. The third-order valence-electron chi connectivity index (χ3n) is 6.76. The molecule has 3 heterocycles. The van der Waals surface area contributed by atoms with E-state index in [4.69, 9.17) is 4.99 Å². The summed E-state index contributed by atoms with van der Waals surface area (Å²) in [5.41, 5.74) is 5.25. The van der Waals surface area contributed by atoms with Crippen molar-refractivity contribution in [3.8, 4) is 0 Å². The van der Waals surface area contributed by atoms with Crippen molar-refractivity contribution in [3.63, 3.8) is 0 Å². The van der Waals surface area contributed by atoms with Gasteiger partial charge in [0.05, 0.1) is 0 Å². The lowest BCUT2D eigenvalue weighted by molar-refractivity contribution is -0.122. The largest absolute Gasteiger partial charge is 0.361 e. The second kappa shape index (κ2) is 8.96. The average molecular weight is 477 g/mol. The SMILES string of the molecule is CCn1cc(/C=C2\N=C(c3ccccc3)N(CCc3c[nH]c4ccc(F)cc34)C2=O)c2ccccc21. The minimum Gasteiger partial charge on any atom is -0.361 e. The van der Waals surface area contributed by atoms with Gasteiger partial charge in [-0.05, 0) is 49.2 Å². The maximum absolute atomic E-state index is 13.9. The fourth-order valence-electron chi connectivity index (χ4n) is 4.95. The Labute approximate surface area is 208 Å². The number of hydrogen-bond acceptors (Lipinski definition) is 2. The second-order valence-corrected chi connectivity index (χ2v) is 8.93. The number of nitrogens with one attached hydrogen (secondary N) is 1. The molecular weight excluding hydrogens is 451 g/mol. The number of aryl methyl sites for hydroxylation is 1. The van der Waals surface area contributed by atoms with Gasteiger partial charge in [0, 0.05) is 58.4 Å². The smallest absolute Gasteiger partial charge is 0.278 e. The van der Waals surface area contributed by atoms with E-state index in [0.717, 1.165) is 45.0 Å². The lowest BCUT2D eigenvalue weighted by Gasteiger charge is -2.18. The zero-order valence-electron chi connectivity index (χ0n) is 19.9. The van der Waals surface area contributed by atoms with E-state index in [0.29, 0.717) is 24.5 Å². The molecule has 0 saturated heterocycles. The number of H-pyrrole nitrogens is 1. The molecule has 178 valence electrons. The molecule has 1 N–H and O–H groups in total. The Hall–Kier alpha value is -4.45. The molecule has 0 saturated carbocycles. The Morgan fingerprint density at radius 3 is 2.64 bits per heavy atom. The van der Waals surface area contributed by atoms with Gasteiger partial charge in [0.2, 0.25) is 0 Å². The highest BCUT2D eigenvalue weighted by Crippen LogP contribution is 2.28. The fourth-order valence-corrected chi connectivity index (χ4v) is 4.95. The Kier molecular flexibility index (Phi) is 5.49. The average Bonchev–Trinajstić information content (AvgIpc) is 3.57. The summed E-state index contributed by atoms with van der Waals surface area (Å²) in [6, 6.07) is 22.7. The number of aromatic amines is 1. The third kappa shape index (κ3) is 3.81. The van der Waals surface area contributed by atoms with Gasteiger partial charge in [-0.25, -0.2) is 9.38 Å². The van der Waals surface area contributed by atoms with Crippen molar-refractivity contribution >= 4 is 39.6 Å². The van der Waals surface area contributed by atoms with Crippen LogP contribution in [0.2, 0.25) is 0 Å². The zero-order valence-corrected chi connectivity index (χ0v) is 19.9. The summed E-state index contributed by atoms with van der Waals surface area (Å²) in [7, 11) is 0. The van der Waals surface area contributed by atoms with Crippen LogP contribution < -0.4 is 0 Å². The number of carbonyl (C=O) groups excluding carboxylic acids is 1. The highest BCUT2D eigenvalue weighted by Gasteiger charge is 2.31. The van der Waals surface area contributed by atoms with Gasteiger partial charge in [-0.15, -0.1) is 0 Å². The number of para-hydroxylation sites is 1. The maximum Gasteiger partial charge on any atom is 0.278 e. The first-order valence-electron chi connectivity index (χ1n) is 12.1. The van der Waals surface area contributed by atoms with Crippen molar-refractivity contribution in [2.75, 3.05) is 6.54 Å². The number of aromatic nitrogens is 2. The van der Waals surface area contributed by atoms with E-state index in [2.05, 4.69) is 34.8 Å². The number of carbonyl (C=O) groups is 1. The first kappa shape index (κ1) is 22.0. The molecule has 0 spiro atoms. The van der Waals surface area contributed by atoms with Gasteiger partial charge in [-0.3, -0.25) is 9.69 Å². The van der Waals surface area contributed by atoms with Crippen molar-refractivity contribution in [1.29, 1.82) is 0 Å². The molecule has 5 nitrogen and oxygen atoms in total. The van der Waals surface area contributed by atoms with Crippen molar-refractivity contribution in [1.82, 2.24) is 14.5 Å². The molecule has 0 fully saturated rings. The van der Waals surface area contributed by atoms with E-state index in [9.17, 15) is 9.18 Å². The van der Waals surface area contributed by atoms with Crippen LogP contribution in [0.1, 0.15) is 23.6 Å². The van der Waals surface area contributed by atoms with Crippen molar-refractivity contribution in [2.24, 2.45) is 4.99 Å². The molecule has 5 aromatic rings. The van der Waals surface area contributed by atoms with Crippen LogP contribution in [0.5, 0.6) is 0 Å². The zero-order chi connectivity index (χ0) is 24.6. The number of hydrogen-bond donors (Lipinski definition) is 1. The van der Waals surface area contributed by atoms with Crippen molar-refractivity contribution < 1.29 is 9.18 Å². The maximum atomic E-state index is 13.9. The molecular formula is C30H25FN4O. The van der Waals surface area contributed by atoms with E-state index in [1.807, 2.05) is 54.7 Å². The van der Waals surface area contributed by atoms with Gasteiger partial charge in [0.1, 0.15) is 17.3 Å². The van der Waals surface area contributed by atoms with Gasteiger partial charge >= 0.3 is 0 Å². The van der Waals surface area contributed by atoms with E-state index >= 15 is 0 Å². The summed E-state index contributed by atoms with van der Waals surface area (Å²) >= 11 is 0. The molecule has 3 aromatic carbocycles. The molecule has 1 amide bonds. The Morgan fingerprint density at radius 1 is 1.00 bits per heavy atom. The molecule has 0 atom stereocenters. The summed E-state index contributed by atoms with van der Waals surface area (Å²) in [4.78, 5) is 23.4. The number of nitrogens with zero attached hydrogens (tertiary/aromatic N) is 3.